The van der Waals surface area contributed by atoms with Crippen molar-refractivity contribution in [2.24, 2.45) is 11.5 Å². The molecule has 1 aromatic heterocycles. The van der Waals surface area contributed by atoms with Crippen LogP contribution in [0.15, 0.2) is 30.3 Å². The molecule has 144 valence electrons. The van der Waals surface area contributed by atoms with E-state index in [-0.39, 0.29) is 5.75 Å². The van der Waals surface area contributed by atoms with Gasteiger partial charge in [-0.25, -0.2) is 9.59 Å². The first-order valence-corrected chi connectivity index (χ1v) is 9.35. The molecule has 0 unspecified atom stereocenters. The Morgan fingerprint density at radius 2 is 1.89 bits per heavy atom. The van der Waals surface area contributed by atoms with Crippen LogP contribution in [0.3, 0.4) is 0 Å². The van der Waals surface area contributed by atoms with Crippen LogP contribution in [-0.4, -0.2) is 43.3 Å². The molecule has 0 radical (unpaired) electrons. The standard InChI is InChI=1S/C18H22N4O4S/c1-11(22-6-8-25-9-7-22)12-2-4-13(5-3-12)15-10-14(26-18(20)24)16(27-15)21-17(19)23/h2-5,10-11H,6-9H2,1H3,(H2,20,24)(H3,19,21,23)/t11-/m1/s1. The summed E-state index contributed by atoms with van der Waals surface area (Å²) >= 11 is 1.25. The van der Waals surface area contributed by atoms with Crippen molar-refractivity contribution >= 4 is 28.5 Å². The summed E-state index contributed by atoms with van der Waals surface area (Å²) in [7, 11) is 0. The average Bonchev–Trinajstić information content (AvgIpc) is 3.03. The lowest BCUT2D eigenvalue weighted by atomic mass is 10.0. The fraction of sp³-hybridized carbons (Fsp3) is 0.333. The van der Waals surface area contributed by atoms with Crippen molar-refractivity contribution in [3.05, 3.63) is 35.9 Å². The van der Waals surface area contributed by atoms with Gasteiger partial charge in [0.25, 0.3) is 0 Å². The number of nitrogens with zero attached hydrogens (tertiary/aromatic N) is 1. The number of nitrogens with one attached hydrogen (secondary N) is 1. The molecule has 2 aromatic rings. The van der Waals surface area contributed by atoms with Gasteiger partial charge in [-0.15, -0.1) is 11.3 Å². The maximum absolute atomic E-state index is 11.2. The Morgan fingerprint density at radius 1 is 1.22 bits per heavy atom. The predicted molar refractivity (Wildman–Crippen MR) is 104 cm³/mol. The summed E-state index contributed by atoms with van der Waals surface area (Å²) in [5, 5.41) is 2.78. The predicted octanol–water partition coefficient (Wildman–Crippen LogP) is 2.76. The highest BCUT2D eigenvalue weighted by Gasteiger charge is 2.19. The van der Waals surface area contributed by atoms with Crippen LogP contribution in [0.1, 0.15) is 18.5 Å². The van der Waals surface area contributed by atoms with Crippen molar-refractivity contribution in [2.45, 2.75) is 13.0 Å². The summed E-state index contributed by atoms with van der Waals surface area (Å²) in [4.78, 5) is 25.4. The van der Waals surface area contributed by atoms with Gasteiger partial charge in [-0.3, -0.25) is 10.2 Å². The molecule has 1 atom stereocenters. The van der Waals surface area contributed by atoms with Crippen molar-refractivity contribution in [1.29, 1.82) is 0 Å². The van der Waals surface area contributed by atoms with E-state index in [4.69, 9.17) is 20.9 Å². The average molecular weight is 390 g/mol. The summed E-state index contributed by atoms with van der Waals surface area (Å²) < 4.78 is 10.4. The van der Waals surface area contributed by atoms with Crippen LogP contribution in [0.2, 0.25) is 0 Å². The number of ether oxygens (including phenoxy) is 2. The Bertz CT molecular complexity index is 782. The zero-order valence-corrected chi connectivity index (χ0v) is 15.8. The minimum absolute atomic E-state index is 0.173. The molecular formula is C18H22N4O4S. The van der Waals surface area contributed by atoms with Crippen LogP contribution in [-0.2, 0) is 4.74 Å². The molecule has 1 saturated heterocycles. The molecular weight excluding hydrogens is 368 g/mol. The Kier molecular flexibility index (Phi) is 5.94. The number of nitrogens with two attached hydrogens (primary N) is 2. The highest BCUT2D eigenvalue weighted by Crippen LogP contribution is 2.41. The van der Waals surface area contributed by atoms with Crippen molar-refractivity contribution in [1.82, 2.24) is 4.90 Å². The monoisotopic (exact) mass is 390 g/mol. The molecule has 9 heteroatoms. The number of thiophene rings is 1. The maximum atomic E-state index is 11.2. The van der Waals surface area contributed by atoms with Gasteiger partial charge in [0.2, 0.25) is 0 Å². The minimum Gasteiger partial charge on any atom is -0.407 e. The van der Waals surface area contributed by atoms with E-state index in [1.165, 1.54) is 16.9 Å². The Labute approximate surface area is 161 Å². The molecule has 8 nitrogen and oxygen atoms in total. The molecule has 1 aliphatic rings. The van der Waals surface area contributed by atoms with E-state index in [2.05, 4.69) is 29.3 Å². The number of amides is 3. The highest BCUT2D eigenvalue weighted by atomic mass is 32.1. The lowest BCUT2D eigenvalue weighted by molar-refractivity contribution is 0.0198. The number of carbonyl (C=O) groups is 2. The third-order valence-corrected chi connectivity index (χ3v) is 5.50. The van der Waals surface area contributed by atoms with Crippen molar-refractivity contribution in [2.75, 3.05) is 31.6 Å². The van der Waals surface area contributed by atoms with Gasteiger partial charge in [-0.05, 0) is 18.1 Å². The van der Waals surface area contributed by atoms with Crippen LogP contribution >= 0.6 is 11.3 Å². The zero-order chi connectivity index (χ0) is 19.4. The number of benzene rings is 1. The number of morpholine rings is 1. The third-order valence-electron chi connectivity index (χ3n) is 4.42. The Hall–Kier alpha value is -2.62. The van der Waals surface area contributed by atoms with E-state index in [1.807, 2.05) is 12.1 Å². The lowest BCUT2D eigenvalue weighted by Crippen LogP contribution is -2.37. The Morgan fingerprint density at radius 3 is 2.48 bits per heavy atom. The molecule has 1 aliphatic heterocycles. The summed E-state index contributed by atoms with van der Waals surface area (Å²) in [5.74, 6) is 0.173. The van der Waals surface area contributed by atoms with E-state index in [1.54, 1.807) is 6.07 Å². The van der Waals surface area contributed by atoms with Crippen LogP contribution in [0.5, 0.6) is 5.75 Å². The number of carbonyl (C=O) groups excluding carboxylic acids is 2. The van der Waals surface area contributed by atoms with Gasteiger partial charge < -0.3 is 20.9 Å². The molecule has 3 rings (SSSR count). The molecule has 1 aromatic carbocycles. The summed E-state index contributed by atoms with van der Waals surface area (Å²) in [6, 6.07) is 9.36. The molecule has 3 amide bonds. The minimum atomic E-state index is -0.957. The largest absolute Gasteiger partial charge is 0.410 e. The van der Waals surface area contributed by atoms with Gasteiger partial charge in [0.15, 0.2) is 5.75 Å². The number of hydrogen-bond acceptors (Lipinski definition) is 6. The second kappa shape index (κ2) is 8.38. The number of anilines is 1. The highest BCUT2D eigenvalue weighted by molar-refractivity contribution is 7.20. The van der Waals surface area contributed by atoms with Gasteiger partial charge in [-0.1, -0.05) is 24.3 Å². The van der Waals surface area contributed by atoms with E-state index >= 15 is 0 Å². The van der Waals surface area contributed by atoms with Crippen molar-refractivity contribution in [3.8, 4) is 16.2 Å². The summed E-state index contributed by atoms with van der Waals surface area (Å²) in [5.41, 5.74) is 12.4. The van der Waals surface area contributed by atoms with Crippen LogP contribution in [0.25, 0.3) is 10.4 Å². The van der Waals surface area contributed by atoms with Gasteiger partial charge in [0, 0.05) is 30.1 Å². The number of primary amides is 2. The van der Waals surface area contributed by atoms with Gasteiger partial charge in [-0.2, -0.15) is 0 Å². The van der Waals surface area contributed by atoms with Crippen LogP contribution in [0.4, 0.5) is 14.6 Å². The van der Waals surface area contributed by atoms with Crippen LogP contribution in [0, 0.1) is 0 Å². The smallest absolute Gasteiger partial charge is 0.407 e. The number of hydrogen-bond donors (Lipinski definition) is 3. The maximum Gasteiger partial charge on any atom is 0.410 e. The summed E-state index contributed by atoms with van der Waals surface area (Å²) in [6.07, 6.45) is -0.957. The van der Waals surface area contributed by atoms with Gasteiger partial charge in [0.1, 0.15) is 5.00 Å². The number of rotatable bonds is 5. The van der Waals surface area contributed by atoms with Crippen LogP contribution < -0.4 is 21.5 Å². The molecule has 1 fully saturated rings. The lowest BCUT2D eigenvalue weighted by Gasteiger charge is -2.32. The van der Waals surface area contributed by atoms with E-state index in [9.17, 15) is 9.59 Å². The SMILES string of the molecule is C[C@H](c1ccc(-c2cc(OC(N)=O)c(NC(N)=O)s2)cc1)N1CCOCC1. The zero-order valence-electron chi connectivity index (χ0n) is 14.9. The second-order valence-corrected chi connectivity index (χ2v) is 7.21. The third kappa shape index (κ3) is 4.76. The topological polar surface area (TPSA) is 120 Å². The first kappa shape index (κ1) is 19.2. The second-order valence-electron chi connectivity index (χ2n) is 6.16. The molecule has 5 N–H and O–H groups in total. The molecule has 0 bridgehead atoms. The summed E-state index contributed by atoms with van der Waals surface area (Å²) in [6.45, 7) is 5.54. The number of urea groups is 1. The van der Waals surface area contributed by atoms with E-state index < -0.39 is 12.1 Å². The molecule has 0 aliphatic carbocycles. The molecule has 2 heterocycles. The van der Waals surface area contributed by atoms with Gasteiger partial charge >= 0.3 is 12.1 Å². The van der Waals surface area contributed by atoms with Gasteiger partial charge in [0.05, 0.1) is 13.2 Å². The fourth-order valence-electron chi connectivity index (χ4n) is 3.00. The van der Waals surface area contributed by atoms with E-state index in [0.717, 1.165) is 36.7 Å². The van der Waals surface area contributed by atoms with E-state index in [0.29, 0.717) is 11.0 Å². The quantitative estimate of drug-likeness (QED) is 0.725. The molecule has 27 heavy (non-hydrogen) atoms. The first-order chi connectivity index (χ1) is 12.9. The van der Waals surface area contributed by atoms with Crippen molar-refractivity contribution in [3.63, 3.8) is 0 Å². The molecule has 0 saturated carbocycles. The fourth-order valence-corrected chi connectivity index (χ4v) is 3.99. The first-order valence-electron chi connectivity index (χ1n) is 8.53. The normalized spacial score (nSPS) is 15.9. The Balaban J connectivity index is 1.80. The molecule has 0 spiro atoms. The van der Waals surface area contributed by atoms with Crippen molar-refractivity contribution < 1.29 is 19.1 Å².